The Labute approximate surface area is 194 Å². The van der Waals surface area contributed by atoms with Gasteiger partial charge in [0.25, 0.3) is 11.8 Å². The molecule has 6 rings (SSSR count). The molecule has 0 bridgehead atoms. The number of nitrogens with one attached hydrogen (secondary N) is 2. The second-order valence-electron chi connectivity index (χ2n) is 8.75. The number of benzene rings is 1. The van der Waals surface area contributed by atoms with E-state index in [-0.39, 0.29) is 11.8 Å². The normalized spacial score (nSPS) is 15.6. The van der Waals surface area contributed by atoms with Gasteiger partial charge in [-0.05, 0) is 30.9 Å². The third-order valence-corrected chi connectivity index (χ3v) is 7.19. The molecule has 1 aliphatic carbocycles. The molecule has 0 saturated heterocycles. The zero-order valence-corrected chi connectivity index (χ0v) is 18.9. The molecule has 0 unspecified atom stereocenters. The number of para-hydroxylation sites is 1. The number of thiazole rings is 1. The summed E-state index contributed by atoms with van der Waals surface area (Å²) >= 11 is 1.51. The van der Waals surface area contributed by atoms with E-state index < -0.39 is 0 Å². The summed E-state index contributed by atoms with van der Waals surface area (Å²) in [5.41, 5.74) is 3.89. The van der Waals surface area contributed by atoms with Gasteiger partial charge in [0.15, 0.2) is 5.69 Å². The van der Waals surface area contributed by atoms with Crippen LogP contribution in [0.5, 0.6) is 0 Å². The molecule has 4 heterocycles. The SMILES string of the molecule is O=C(NCc1nccs1)c1nn(CC2CC2)c2c1CN(C(=O)c1cc3ccccc3[nH]1)CC2. The molecular formula is C24H24N6O2S. The fraction of sp³-hybridized carbons (Fsp3) is 0.333. The molecule has 2 aliphatic rings. The number of fused-ring (bicyclic) bond motifs is 2. The number of hydrogen-bond acceptors (Lipinski definition) is 5. The second-order valence-corrected chi connectivity index (χ2v) is 9.73. The van der Waals surface area contributed by atoms with Crippen molar-refractivity contribution in [2.45, 2.75) is 38.9 Å². The first-order valence-corrected chi connectivity index (χ1v) is 12.2. The molecular weight excluding hydrogens is 436 g/mol. The van der Waals surface area contributed by atoms with Crippen LogP contribution in [0.4, 0.5) is 0 Å². The average molecular weight is 461 g/mol. The molecule has 1 aliphatic heterocycles. The number of H-pyrrole nitrogens is 1. The fourth-order valence-electron chi connectivity index (χ4n) is 4.48. The monoisotopic (exact) mass is 460 g/mol. The van der Waals surface area contributed by atoms with Gasteiger partial charge in [-0.25, -0.2) is 4.98 Å². The number of nitrogens with zero attached hydrogens (tertiary/aromatic N) is 4. The van der Waals surface area contributed by atoms with Gasteiger partial charge in [0.2, 0.25) is 0 Å². The third kappa shape index (κ3) is 3.93. The smallest absolute Gasteiger partial charge is 0.272 e. The number of aromatic amines is 1. The molecule has 168 valence electrons. The highest BCUT2D eigenvalue weighted by Gasteiger charge is 2.33. The van der Waals surface area contributed by atoms with Crippen LogP contribution in [-0.2, 0) is 26.1 Å². The summed E-state index contributed by atoms with van der Waals surface area (Å²) in [5, 5.41) is 11.4. The van der Waals surface area contributed by atoms with Gasteiger partial charge in [-0.1, -0.05) is 18.2 Å². The predicted molar refractivity (Wildman–Crippen MR) is 125 cm³/mol. The van der Waals surface area contributed by atoms with Crippen molar-refractivity contribution in [3.05, 3.63) is 69.6 Å². The molecule has 8 nitrogen and oxygen atoms in total. The third-order valence-electron chi connectivity index (χ3n) is 6.41. The van der Waals surface area contributed by atoms with Crippen molar-refractivity contribution in [3.8, 4) is 0 Å². The van der Waals surface area contributed by atoms with E-state index in [1.165, 1.54) is 24.2 Å². The van der Waals surface area contributed by atoms with Crippen LogP contribution in [-0.4, -0.2) is 43.0 Å². The van der Waals surface area contributed by atoms with Crippen molar-refractivity contribution in [2.24, 2.45) is 5.92 Å². The lowest BCUT2D eigenvalue weighted by Crippen LogP contribution is -2.37. The van der Waals surface area contributed by atoms with Crippen molar-refractivity contribution >= 4 is 34.1 Å². The quantitative estimate of drug-likeness (QED) is 0.461. The van der Waals surface area contributed by atoms with Crippen molar-refractivity contribution in [1.82, 2.24) is 30.0 Å². The molecule has 2 N–H and O–H groups in total. The number of amides is 2. The van der Waals surface area contributed by atoms with Gasteiger partial charge in [-0.3, -0.25) is 14.3 Å². The molecule has 1 fully saturated rings. The summed E-state index contributed by atoms with van der Waals surface area (Å²) in [7, 11) is 0. The summed E-state index contributed by atoms with van der Waals surface area (Å²) < 4.78 is 2.01. The molecule has 9 heteroatoms. The Hall–Kier alpha value is -3.46. The average Bonchev–Trinajstić information content (AvgIpc) is 3.23. The summed E-state index contributed by atoms with van der Waals surface area (Å²) in [6.45, 7) is 2.21. The van der Waals surface area contributed by atoms with Crippen LogP contribution in [0.2, 0.25) is 0 Å². The fourth-order valence-corrected chi connectivity index (χ4v) is 5.04. The summed E-state index contributed by atoms with van der Waals surface area (Å²) in [6, 6.07) is 9.76. The first-order valence-electron chi connectivity index (χ1n) is 11.3. The molecule has 4 aromatic rings. The molecule has 1 aromatic carbocycles. The standard InChI is InChI=1S/C24H24N6O2S/c31-23(26-12-21-25-8-10-33-21)22-17-14-29(9-7-20(17)30(28-22)13-15-5-6-15)24(32)19-11-16-3-1-2-4-18(16)27-19/h1-4,8,10-11,15,27H,5-7,9,12-14H2,(H,26,31). The summed E-state index contributed by atoms with van der Waals surface area (Å²) in [6.07, 6.45) is 4.85. The van der Waals surface area contributed by atoms with E-state index in [1.807, 2.05) is 45.3 Å². The van der Waals surface area contributed by atoms with Crippen LogP contribution in [0, 0.1) is 5.92 Å². The first-order chi connectivity index (χ1) is 16.2. The minimum Gasteiger partial charge on any atom is -0.351 e. The summed E-state index contributed by atoms with van der Waals surface area (Å²) in [4.78, 5) is 35.6. The highest BCUT2D eigenvalue weighted by atomic mass is 32.1. The Morgan fingerprint density at radius 3 is 2.91 bits per heavy atom. The maximum absolute atomic E-state index is 13.3. The maximum Gasteiger partial charge on any atom is 0.272 e. The topological polar surface area (TPSA) is 95.9 Å². The van der Waals surface area contributed by atoms with Crippen LogP contribution < -0.4 is 5.32 Å². The lowest BCUT2D eigenvalue weighted by molar-refractivity contribution is 0.0725. The zero-order chi connectivity index (χ0) is 22.4. The minimum absolute atomic E-state index is 0.0547. The van der Waals surface area contributed by atoms with E-state index in [1.54, 1.807) is 6.20 Å². The summed E-state index contributed by atoms with van der Waals surface area (Å²) in [5.74, 6) is 0.378. The molecule has 0 atom stereocenters. The van der Waals surface area contributed by atoms with Gasteiger partial charge in [0.1, 0.15) is 10.7 Å². The number of aromatic nitrogens is 4. The molecule has 2 amide bonds. The van der Waals surface area contributed by atoms with Crippen LogP contribution >= 0.6 is 11.3 Å². The van der Waals surface area contributed by atoms with Gasteiger partial charge in [0, 0.05) is 53.2 Å². The highest BCUT2D eigenvalue weighted by Crippen LogP contribution is 2.33. The highest BCUT2D eigenvalue weighted by molar-refractivity contribution is 7.09. The van der Waals surface area contributed by atoms with Crippen LogP contribution in [0.15, 0.2) is 41.9 Å². The Balaban J connectivity index is 1.27. The van der Waals surface area contributed by atoms with Crippen molar-refractivity contribution < 1.29 is 9.59 Å². The first kappa shape index (κ1) is 20.2. The Morgan fingerprint density at radius 2 is 2.12 bits per heavy atom. The lowest BCUT2D eigenvalue weighted by Gasteiger charge is -2.27. The van der Waals surface area contributed by atoms with Gasteiger partial charge in [0.05, 0.1) is 13.1 Å². The van der Waals surface area contributed by atoms with Crippen molar-refractivity contribution in [2.75, 3.05) is 6.54 Å². The van der Waals surface area contributed by atoms with Gasteiger partial charge in [-0.15, -0.1) is 11.3 Å². The minimum atomic E-state index is -0.212. The van der Waals surface area contributed by atoms with E-state index in [0.717, 1.165) is 33.7 Å². The zero-order valence-electron chi connectivity index (χ0n) is 18.1. The van der Waals surface area contributed by atoms with Crippen molar-refractivity contribution in [3.63, 3.8) is 0 Å². The molecule has 0 radical (unpaired) electrons. The molecule has 1 saturated carbocycles. The van der Waals surface area contributed by atoms with E-state index >= 15 is 0 Å². The number of hydrogen-bond donors (Lipinski definition) is 2. The van der Waals surface area contributed by atoms with E-state index in [9.17, 15) is 9.59 Å². The largest absolute Gasteiger partial charge is 0.351 e. The van der Waals surface area contributed by atoms with E-state index in [0.29, 0.717) is 43.4 Å². The Bertz CT molecular complexity index is 1300. The van der Waals surface area contributed by atoms with Gasteiger partial charge < -0.3 is 15.2 Å². The Kier molecular flexibility index (Phi) is 4.98. The molecule has 33 heavy (non-hydrogen) atoms. The Morgan fingerprint density at radius 1 is 1.24 bits per heavy atom. The van der Waals surface area contributed by atoms with Crippen LogP contribution in [0.1, 0.15) is 50.1 Å². The van der Waals surface area contributed by atoms with Gasteiger partial charge in [-0.2, -0.15) is 5.10 Å². The van der Waals surface area contributed by atoms with Crippen LogP contribution in [0.25, 0.3) is 10.9 Å². The predicted octanol–water partition coefficient (Wildman–Crippen LogP) is 3.36. The van der Waals surface area contributed by atoms with Crippen LogP contribution in [0.3, 0.4) is 0 Å². The van der Waals surface area contributed by atoms with E-state index in [4.69, 9.17) is 5.10 Å². The number of rotatable bonds is 6. The van der Waals surface area contributed by atoms with Gasteiger partial charge >= 0.3 is 0 Å². The molecule has 0 spiro atoms. The number of carbonyl (C=O) groups is 2. The maximum atomic E-state index is 13.3. The lowest BCUT2D eigenvalue weighted by atomic mass is 10.0. The van der Waals surface area contributed by atoms with Crippen molar-refractivity contribution in [1.29, 1.82) is 0 Å². The molecule has 3 aromatic heterocycles. The van der Waals surface area contributed by atoms with E-state index in [2.05, 4.69) is 15.3 Å². The number of carbonyl (C=O) groups excluding carboxylic acids is 2. The second kappa shape index (κ2) is 8.15.